The molecule has 0 saturated carbocycles. The van der Waals surface area contributed by atoms with Crippen LogP contribution in [0.25, 0.3) is 0 Å². The van der Waals surface area contributed by atoms with Crippen LogP contribution in [0, 0.1) is 6.92 Å². The summed E-state index contributed by atoms with van der Waals surface area (Å²) >= 11 is 17.9. The molecule has 0 aliphatic rings. The van der Waals surface area contributed by atoms with Crippen molar-refractivity contribution in [2.45, 2.75) is 13.3 Å². The highest BCUT2D eigenvalue weighted by molar-refractivity contribution is 6.35. The van der Waals surface area contributed by atoms with Crippen molar-refractivity contribution in [1.29, 1.82) is 0 Å². The van der Waals surface area contributed by atoms with Gasteiger partial charge >= 0.3 is 0 Å². The number of aromatic nitrogens is 2. The smallest absolute Gasteiger partial charge is 0.156 e. The largest absolute Gasteiger partial charge is 0.369 e. The minimum atomic E-state index is 0.143. The predicted octanol–water partition coefficient (Wildman–Crippen LogP) is 4.21. The van der Waals surface area contributed by atoms with Crippen molar-refractivity contribution < 1.29 is 4.79 Å². The number of nitrogens with zero attached hydrogens (tertiary/aromatic N) is 2. The first-order valence-corrected chi connectivity index (χ1v) is 7.31. The van der Waals surface area contributed by atoms with Crippen LogP contribution in [0.4, 0.5) is 5.82 Å². The van der Waals surface area contributed by atoms with E-state index in [4.69, 9.17) is 34.8 Å². The molecule has 0 aliphatic carbocycles. The molecule has 0 saturated heterocycles. The van der Waals surface area contributed by atoms with E-state index in [9.17, 15) is 4.79 Å². The van der Waals surface area contributed by atoms with Gasteiger partial charge in [0.2, 0.25) is 0 Å². The molecular weight excluding hydrogens is 333 g/mol. The molecule has 2 rings (SSSR count). The second-order valence-corrected chi connectivity index (χ2v) is 5.56. The number of benzene rings is 1. The summed E-state index contributed by atoms with van der Waals surface area (Å²) in [6.07, 6.45) is 1.30. The molecule has 110 valence electrons. The highest BCUT2D eigenvalue weighted by atomic mass is 35.5. The zero-order valence-corrected chi connectivity index (χ0v) is 13.4. The van der Waals surface area contributed by atoms with Crippen molar-refractivity contribution in [3.8, 4) is 0 Å². The Kier molecular flexibility index (Phi) is 5.39. The van der Waals surface area contributed by atoms with Gasteiger partial charge in [-0.25, -0.2) is 9.97 Å². The van der Waals surface area contributed by atoms with Crippen molar-refractivity contribution in [3.05, 3.63) is 50.3 Å². The number of nitrogens with one attached hydrogen (secondary N) is 1. The monoisotopic (exact) mass is 343 g/mol. The van der Waals surface area contributed by atoms with Gasteiger partial charge in [0.05, 0.1) is 5.56 Å². The molecule has 21 heavy (non-hydrogen) atoms. The van der Waals surface area contributed by atoms with E-state index in [2.05, 4.69) is 15.3 Å². The van der Waals surface area contributed by atoms with Gasteiger partial charge in [0.25, 0.3) is 0 Å². The molecule has 0 radical (unpaired) electrons. The number of halogens is 3. The molecule has 0 amide bonds. The maximum atomic E-state index is 11.0. The summed E-state index contributed by atoms with van der Waals surface area (Å²) in [5.74, 6) is 0.921. The highest BCUT2D eigenvalue weighted by Crippen LogP contribution is 2.22. The van der Waals surface area contributed by atoms with Crippen LogP contribution in [-0.4, -0.2) is 22.8 Å². The standard InChI is InChI=1S/C14H12Cl3N3O/c1-8-19-13(17)11(7-21)14(20-8)18-5-4-9-2-3-10(15)6-12(9)16/h2-3,6-7H,4-5H2,1H3,(H,18,19,20). The lowest BCUT2D eigenvalue weighted by atomic mass is 10.1. The summed E-state index contributed by atoms with van der Waals surface area (Å²) in [4.78, 5) is 19.2. The van der Waals surface area contributed by atoms with Crippen LogP contribution in [0.1, 0.15) is 21.7 Å². The predicted molar refractivity (Wildman–Crippen MR) is 85.8 cm³/mol. The molecule has 4 nitrogen and oxygen atoms in total. The SMILES string of the molecule is Cc1nc(Cl)c(C=O)c(NCCc2ccc(Cl)cc2Cl)n1. The number of hydrogen-bond acceptors (Lipinski definition) is 4. The maximum absolute atomic E-state index is 11.0. The van der Waals surface area contributed by atoms with E-state index in [1.807, 2.05) is 6.07 Å². The molecular formula is C14H12Cl3N3O. The number of anilines is 1. The normalized spacial score (nSPS) is 10.5. The third-order valence-corrected chi connectivity index (χ3v) is 3.71. The minimum absolute atomic E-state index is 0.143. The van der Waals surface area contributed by atoms with Crippen molar-refractivity contribution in [3.63, 3.8) is 0 Å². The second kappa shape index (κ2) is 7.07. The van der Waals surface area contributed by atoms with E-state index in [0.29, 0.717) is 40.9 Å². The van der Waals surface area contributed by atoms with Gasteiger partial charge in [0.15, 0.2) is 6.29 Å². The average molecular weight is 345 g/mol. The molecule has 1 aromatic carbocycles. The number of carbonyl (C=O) groups excluding carboxylic acids is 1. The van der Waals surface area contributed by atoms with Crippen LogP contribution < -0.4 is 5.32 Å². The summed E-state index contributed by atoms with van der Waals surface area (Å²) in [6.45, 7) is 2.26. The lowest BCUT2D eigenvalue weighted by Crippen LogP contribution is -2.10. The van der Waals surface area contributed by atoms with Crippen LogP contribution >= 0.6 is 34.8 Å². The Bertz CT molecular complexity index is 677. The molecule has 1 N–H and O–H groups in total. The van der Waals surface area contributed by atoms with Crippen molar-refractivity contribution in [2.75, 3.05) is 11.9 Å². The fourth-order valence-corrected chi connectivity index (χ4v) is 2.59. The van der Waals surface area contributed by atoms with Crippen LogP contribution in [0.5, 0.6) is 0 Å². The molecule has 0 atom stereocenters. The van der Waals surface area contributed by atoms with Gasteiger partial charge in [-0.15, -0.1) is 0 Å². The van der Waals surface area contributed by atoms with Gasteiger partial charge in [-0.1, -0.05) is 40.9 Å². The quantitative estimate of drug-likeness (QED) is 0.652. The molecule has 7 heteroatoms. The molecule has 0 fully saturated rings. The number of aldehydes is 1. The van der Waals surface area contributed by atoms with Gasteiger partial charge in [-0.3, -0.25) is 4.79 Å². The van der Waals surface area contributed by atoms with Crippen LogP contribution in [0.2, 0.25) is 15.2 Å². The number of rotatable bonds is 5. The number of carbonyl (C=O) groups is 1. The summed E-state index contributed by atoms with van der Waals surface area (Å²) in [5, 5.41) is 4.42. The first-order valence-electron chi connectivity index (χ1n) is 6.18. The fourth-order valence-electron chi connectivity index (χ4n) is 1.83. The van der Waals surface area contributed by atoms with Crippen molar-refractivity contribution in [1.82, 2.24) is 9.97 Å². The number of aryl methyl sites for hydroxylation is 1. The minimum Gasteiger partial charge on any atom is -0.369 e. The lowest BCUT2D eigenvalue weighted by Gasteiger charge is -2.10. The third-order valence-electron chi connectivity index (χ3n) is 2.83. The molecule has 0 bridgehead atoms. The number of hydrogen-bond donors (Lipinski definition) is 1. The van der Waals surface area contributed by atoms with Gasteiger partial charge < -0.3 is 5.32 Å². The molecule has 1 heterocycles. The van der Waals surface area contributed by atoms with Gasteiger partial charge in [0, 0.05) is 16.6 Å². The molecule has 1 aromatic heterocycles. The van der Waals surface area contributed by atoms with E-state index in [0.717, 1.165) is 5.56 Å². The molecule has 2 aromatic rings. The first-order chi connectivity index (χ1) is 10.0. The Morgan fingerprint density at radius 3 is 2.67 bits per heavy atom. The Morgan fingerprint density at radius 2 is 2.00 bits per heavy atom. The van der Waals surface area contributed by atoms with Gasteiger partial charge in [-0.2, -0.15) is 0 Å². The van der Waals surface area contributed by atoms with Crippen LogP contribution in [0.3, 0.4) is 0 Å². The average Bonchev–Trinajstić information content (AvgIpc) is 2.41. The van der Waals surface area contributed by atoms with E-state index < -0.39 is 0 Å². The first kappa shape index (κ1) is 16.0. The van der Waals surface area contributed by atoms with E-state index in [-0.39, 0.29) is 10.7 Å². The maximum Gasteiger partial charge on any atom is 0.156 e. The lowest BCUT2D eigenvalue weighted by molar-refractivity contribution is 0.112. The van der Waals surface area contributed by atoms with Crippen molar-refractivity contribution in [2.24, 2.45) is 0 Å². The van der Waals surface area contributed by atoms with Crippen molar-refractivity contribution >= 4 is 46.9 Å². The Morgan fingerprint density at radius 1 is 1.24 bits per heavy atom. The third kappa shape index (κ3) is 4.06. The summed E-state index contributed by atoms with van der Waals surface area (Å²) in [7, 11) is 0. The van der Waals surface area contributed by atoms with Gasteiger partial charge in [0.1, 0.15) is 16.8 Å². The van der Waals surface area contributed by atoms with Crippen LogP contribution in [0.15, 0.2) is 18.2 Å². The van der Waals surface area contributed by atoms with Crippen LogP contribution in [-0.2, 0) is 6.42 Å². The van der Waals surface area contributed by atoms with E-state index in [1.165, 1.54) is 0 Å². The summed E-state index contributed by atoms with van der Waals surface area (Å²) < 4.78 is 0. The summed E-state index contributed by atoms with van der Waals surface area (Å²) in [5.41, 5.74) is 1.21. The van der Waals surface area contributed by atoms with E-state index in [1.54, 1.807) is 19.1 Å². The Labute approximate surface area is 137 Å². The molecule has 0 spiro atoms. The molecule has 0 aliphatic heterocycles. The van der Waals surface area contributed by atoms with Gasteiger partial charge in [-0.05, 0) is 31.0 Å². The Balaban J connectivity index is 2.08. The second-order valence-electron chi connectivity index (χ2n) is 4.35. The van der Waals surface area contributed by atoms with E-state index >= 15 is 0 Å². The zero-order valence-electron chi connectivity index (χ0n) is 11.2. The Hall–Kier alpha value is -1.36. The zero-order chi connectivity index (χ0) is 15.4. The summed E-state index contributed by atoms with van der Waals surface area (Å²) in [6, 6.07) is 5.34. The highest BCUT2D eigenvalue weighted by Gasteiger charge is 2.10. The fraction of sp³-hybridized carbons (Fsp3) is 0.214. The topological polar surface area (TPSA) is 54.9 Å². The molecule has 0 unspecified atom stereocenters.